The number of aliphatic hydroxyl groups excluding tert-OH is 1. The van der Waals surface area contributed by atoms with Gasteiger partial charge in [-0.1, -0.05) is 26.3 Å². The number of carbonyl (C=O) groups excluding carboxylic acids is 2. The van der Waals surface area contributed by atoms with Gasteiger partial charge in [0.15, 0.2) is 5.78 Å². The standard InChI is InChI=1S/C23H34O4/c1-4-20(26)27-13-23-10-7-16(24)12-15(23)11-14(2)21-17-5-6-19(25)22(17,3)9-8-18(21)23/h12,14,17-19,21,25H,4-11,13H2,1-3H3/t14-,17+,18+,19+,21+,22+,23-/m1/s1. The predicted octanol–water partition coefficient (Wildman–Crippen LogP) is 4.06. The molecule has 0 aliphatic heterocycles. The van der Waals surface area contributed by atoms with Crippen molar-refractivity contribution in [3.05, 3.63) is 11.6 Å². The third kappa shape index (κ3) is 2.82. The summed E-state index contributed by atoms with van der Waals surface area (Å²) in [6.07, 6.45) is 8.52. The summed E-state index contributed by atoms with van der Waals surface area (Å²) in [5.41, 5.74) is 1.10. The van der Waals surface area contributed by atoms with Crippen molar-refractivity contribution in [1.82, 2.24) is 0 Å². The van der Waals surface area contributed by atoms with E-state index in [-0.39, 0.29) is 28.7 Å². The van der Waals surface area contributed by atoms with Crippen molar-refractivity contribution in [2.24, 2.45) is 34.5 Å². The van der Waals surface area contributed by atoms with Crippen molar-refractivity contribution in [2.75, 3.05) is 6.61 Å². The fraction of sp³-hybridized carbons (Fsp3) is 0.826. The molecule has 7 atom stereocenters. The van der Waals surface area contributed by atoms with Crippen molar-refractivity contribution < 1.29 is 19.4 Å². The number of fused-ring (bicyclic) bond motifs is 5. The number of hydrogen-bond donors (Lipinski definition) is 1. The maximum absolute atomic E-state index is 12.2. The molecule has 4 heteroatoms. The Kier molecular flexibility index (Phi) is 4.77. The molecule has 0 heterocycles. The fourth-order valence-electron chi connectivity index (χ4n) is 7.27. The van der Waals surface area contributed by atoms with Crippen LogP contribution >= 0.6 is 0 Å². The van der Waals surface area contributed by atoms with Gasteiger partial charge in [-0.3, -0.25) is 9.59 Å². The van der Waals surface area contributed by atoms with E-state index in [0.717, 1.165) is 38.5 Å². The average molecular weight is 375 g/mol. The predicted molar refractivity (Wildman–Crippen MR) is 103 cm³/mol. The largest absolute Gasteiger partial charge is 0.465 e. The van der Waals surface area contributed by atoms with Crippen LogP contribution in [-0.4, -0.2) is 29.6 Å². The summed E-state index contributed by atoms with van der Waals surface area (Å²) >= 11 is 0. The van der Waals surface area contributed by atoms with E-state index < -0.39 is 0 Å². The van der Waals surface area contributed by atoms with Crippen LogP contribution in [0, 0.1) is 34.5 Å². The van der Waals surface area contributed by atoms with E-state index in [4.69, 9.17) is 4.74 Å². The van der Waals surface area contributed by atoms with E-state index in [1.165, 1.54) is 5.57 Å². The molecule has 0 amide bonds. The van der Waals surface area contributed by atoms with Crippen LogP contribution in [-0.2, 0) is 14.3 Å². The Morgan fingerprint density at radius 1 is 1.26 bits per heavy atom. The highest BCUT2D eigenvalue weighted by atomic mass is 16.5. The highest BCUT2D eigenvalue weighted by Crippen LogP contribution is 2.66. The number of aliphatic hydroxyl groups is 1. The third-order valence-corrected chi connectivity index (χ3v) is 8.76. The Hall–Kier alpha value is -1.16. The fourth-order valence-corrected chi connectivity index (χ4v) is 7.27. The van der Waals surface area contributed by atoms with E-state index in [9.17, 15) is 14.7 Å². The molecule has 1 N–H and O–H groups in total. The lowest BCUT2D eigenvalue weighted by Gasteiger charge is -2.60. The molecular weight excluding hydrogens is 340 g/mol. The normalized spacial score (nSPS) is 46.1. The van der Waals surface area contributed by atoms with Crippen molar-refractivity contribution in [3.63, 3.8) is 0 Å². The lowest BCUT2D eigenvalue weighted by atomic mass is 9.45. The van der Waals surface area contributed by atoms with Gasteiger partial charge in [0.1, 0.15) is 6.61 Å². The average Bonchev–Trinajstić information content (AvgIpc) is 2.95. The van der Waals surface area contributed by atoms with Crippen molar-refractivity contribution in [2.45, 2.75) is 78.2 Å². The van der Waals surface area contributed by atoms with Gasteiger partial charge in [0.05, 0.1) is 6.10 Å². The summed E-state index contributed by atoms with van der Waals surface area (Å²) in [5.74, 6) is 2.13. The van der Waals surface area contributed by atoms with Crippen molar-refractivity contribution in [3.8, 4) is 0 Å². The molecule has 4 aliphatic rings. The Morgan fingerprint density at radius 2 is 2.04 bits per heavy atom. The zero-order chi connectivity index (χ0) is 19.4. The summed E-state index contributed by atoms with van der Waals surface area (Å²) in [6.45, 7) is 6.88. The Labute approximate surface area is 162 Å². The van der Waals surface area contributed by atoms with Crippen LogP contribution in [0.1, 0.15) is 72.1 Å². The first-order valence-electron chi connectivity index (χ1n) is 10.9. The number of carbonyl (C=O) groups is 2. The van der Waals surface area contributed by atoms with Crippen LogP contribution in [0.5, 0.6) is 0 Å². The van der Waals surface area contributed by atoms with Crippen molar-refractivity contribution >= 4 is 11.8 Å². The maximum atomic E-state index is 12.2. The molecule has 4 nitrogen and oxygen atoms in total. The Bertz CT molecular complexity index is 667. The first-order valence-corrected chi connectivity index (χ1v) is 10.9. The highest BCUT2D eigenvalue weighted by Gasteiger charge is 2.62. The minimum atomic E-state index is -0.186. The SMILES string of the molecule is CCC(=O)OC[C@]12CCC(=O)C=C1C[C@@H](C)[C@@H]1[C@@H]2CC[C@]2(C)[C@@H](O)CC[C@@H]12. The number of esters is 1. The van der Waals surface area contributed by atoms with Gasteiger partial charge in [-0.05, 0) is 73.7 Å². The molecule has 150 valence electrons. The van der Waals surface area contributed by atoms with Crippen LogP contribution < -0.4 is 0 Å². The van der Waals surface area contributed by atoms with Gasteiger partial charge in [-0.2, -0.15) is 0 Å². The number of ketones is 1. The Morgan fingerprint density at radius 3 is 2.78 bits per heavy atom. The summed E-state index contributed by atoms with van der Waals surface area (Å²) in [7, 11) is 0. The van der Waals surface area contributed by atoms with E-state index in [1.807, 2.05) is 13.0 Å². The van der Waals surface area contributed by atoms with Gasteiger partial charge in [0.25, 0.3) is 0 Å². The molecule has 0 aromatic rings. The molecule has 0 aromatic heterocycles. The molecule has 0 radical (unpaired) electrons. The second kappa shape index (κ2) is 6.72. The minimum Gasteiger partial charge on any atom is -0.465 e. The molecule has 27 heavy (non-hydrogen) atoms. The first-order chi connectivity index (χ1) is 12.8. The molecule has 3 saturated carbocycles. The van der Waals surface area contributed by atoms with Crippen LogP contribution in [0.4, 0.5) is 0 Å². The van der Waals surface area contributed by atoms with Crippen LogP contribution in [0.3, 0.4) is 0 Å². The topological polar surface area (TPSA) is 63.6 Å². The van der Waals surface area contributed by atoms with Crippen LogP contribution in [0.25, 0.3) is 0 Å². The van der Waals surface area contributed by atoms with Gasteiger partial charge in [-0.15, -0.1) is 0 Å². The van der Waals surface area contributed by atoms with E-state index >= 15 is 0 Å². The van der Waals surface area contributed by atoms with Crippen LogP contribution in [0.15, 0.2) is 11.6 Å². The lowest BCUT2D eigenvalue weighted by Crippen LogP contribution is -2.56. The number of rotatable bonds is 3. The molecule has 3 fully saturated rings. The molecular formula is C23H34O4. The van der Waals surface area contributed by atoms with E-state index in [2.05, 4.69) is 13.8 Å². The first kappa shape index (κ1) is 19.2. The molecule has 0 unspecified atom stereocenters. The van der Waals surface area contributed by atoms with Gasteiger partial charge in [-0.25, -0.2) is 0 Å². The second-order valence-corrected chi connectivity index (χ2v) is 9.92. The number of ether oxygens (including phenoxy) is 1. The molecule has 4 aliphatic carbocycles. The second-order valence-electron chi connectivity index (χ2n) is 9.92. The molecule has 0 saturated heterocycles. The number of hydrogen-bond acceptors (Lipinski definition) is 4. The van der Waals surface area contributed by atoms with Gasteiger partial charge >= 0.3 is 5.97 Å². The molecule has 0 aromatic carbocycles. The monoisotopic (exact) mass is 374 g/mol. The van der Waals surface area contributed by atoms with Gasteiger partial charge < -0.3 is 9.84 Å². The zero-order valence-corrected chi connectivity index (χ0v) is 17.0. The molecule has 4 rings (SSSR count). The highest BCUT2D eigenvalue weighted by molar-refractivity contribution is 5.91. The summed E-state index contributed by atoms with van der Waals surface area (Å²) in [4.78, 5) is 24.1. The van der Waals surface area contributed by atoms with Crippen molar-refractivity contribution in [1.29, 1.82) is 0 Å². The quantitative estimate of drug-likeness (QED) is 0.757. The van der Waals surface area contributed by atoms with E-state index in [1.54, 1.807) is 0 Å². The van der Waals surface area contributed by atoms with Crippen LogP contribution in [0.2, 0.25) is 0 Å². The maximum Gasteiger partial charge on any atom is 0.305 e. The Balaban J connectivity index is 1.72. The molecule has 0 spiro atoms. The van der Waals surface area contributed by atoms with Gasteiger partial charge in [0.2, 0.25) is 0 Å². The lowest BCUT2D eigenvalue weighted by molar-refractivity contribution is -0.155. The third-order valence-electron chi connectivity index (χ3n) is 8.76. The summed E-state index contributed by atoms with van der Waals surface area (Å²) in [5, 5.41) is 10.7. The van der Waals surface area contributed by atoms with E-state index in [0.29, 0.717) is 43.1 Å². The zero-order valence-electron chi connectivity index (χ0n) is 17.0. The smallest absolute Gasteiger partial charge is 0.305 e. The molecule has 0 bridgehead atoms. The summed E-state index contributed by atoms with van der Waals surface area (Å²) < 4.78 is 5.73. The summed E-state index contributed by atoms with van der Waals surface area (Å²) in [6, 6.07) is 0. The minimum absolute atomic E-state index is 0.0302. The van der Waals surface area contributed by atoms with Gasteiger partial charge in [0, 0.05) is 18.3 Å².